The Hall–Kier alpha value is -2.62. The van der Waals surface area contributed by atoms with Gasteiger partial charge in [-0.15, -0.1) is 0 Å². The van der Waals surface area contributed by atoms with Crippen LogP contribution in [0.3, 0.4) is 0 Å². The number of ether oxygens (including phenoxy) is 1. The van der Waals surface area contributed by atoms with Gasteiger partial charge in [0.15, 0.2) is 0 Å². The number of fused-ring (bicyclic) bond motifs is 1. The van der Waals surface area contributed by atoms with E-state index in [1.165, 1.54) is 12.6 Å². The van der Waals surface area contributed by atoms with Crippen LogP contribution >= 0.6 is 0 Å². The molecule has 0 N–H and O–H groups in total. The Balaban J connectivity index is 1.85. The second-order valence-electron chi connectivity index (χ2n) is 6.75. The Bertz CT molecular complexity index is 785. The van der Waals surface area contributed by atoms with E-state index in [0.717, 1.165) is 4.90 Å². The highest BCUT2D eigenvalue weighted by Gasteiger charge is 2.32. The first kappa shape index (κ1) is 15.3. The molecule has 0 fully saturated rings. The standard InChI is InChI=1S/C19H19NO3/c1-19(2,3)12-5-7-13(8-6-12)23-14-9-10-15-16(11-14)18(22)20(4)17(15)21/h5-11H,1-4H3. The molecular formula is C19H19NO3. The van der Waals surface area contributed by atoms with Gasteiger partial charge in [-0.1, -0.05) is 32.9 Å². The van der Waals surface area contributed by atoms with Crippen molar-refractivity contribution in [1.82, 2.24) is 4.90 Å². The zero-order valence-electron chi connectivity index (χ0n) is 13.7. The number of hydrogen-bond donors (Lipinski definition) is 0. The minimum atomic E-state index is -0.293. The predicted molar refractivity (Wildman–Crippen MR) is 88.1 cm³/mol. The van der Waals surface area contributed by atoms with E-state index >= 15 is 0 Å². The largest absolute Gasteiger partial charge is 0.457 e. The number of carbonyl (C=O) groups excluding carboxylic acids is 2. The molecule has 0 saturated heterocycles. The molecule has 1 aliphatic heterocycles. The fourth-order valence-corrected chi connectivity index (χ4v) is 2.56. The molecule has 0 saturated carbocycles. The molecule has 4 heteroatoms. The summed E-state index contributed by atoms with van der Waals surface area (Å²) in [6.07, 6.45) is 0. The second-order valence-corrected chi connectivity index (χ2v) is 6.75. The van der Waals surface area contributed by atoms with E-state index in [9.17, 15) is 9.59 Å². The van der Waals surface area contributed by atoms with Crippen LogP contribution in [0, 0.1) is 0 Å². The van der Waals surface area contributed by atoms with Gasteiger partial charge >= 0.3 is 0 Å². The molecule has 23 heavy (non-hydrogen) atoms. The fourth-order valence-electron chi connectivity index (χ4n) is 2.56. The maximum absolute atomic E-state index is 12.0. The number of rotatable bonds is 2. The molecule has 0 spiro atoms. The van der Waals surface area contributed by atoms with Crippen LogP contribution in [0.1, 0.15) is 47.1 Å². The first-order valence-corrected chi connectivity index (χ1v) is 7.52. The molecule has 4 nitrogen and oxygen atoms in total. The summed E-state index contributed by atoms with van der Waals surface area (Å²) in [4.78, 5) is 25.0. The Kier molecular flexibility index (Phi) is 3.48. The highest BCUT2D eigenvalue weighted by molar-refractivity contribution is 6.21. The first-order valence-electron chi connectivity index (χ1n) is 7.52. The molecule has 1 heterocycles. The van der Waals surface area contributed by atoms with Gasteiger partial charge in [-0.25, -0.2) is 0 Å². The van der Waals surface area contributed by atoms with Gasteiger partial charge in [0.2, 0.25) is 0 Å². The normalized spacial score (nSPS) is 14.2. The van der Waals surface area contributed by atoms with Crippen LogP contribution in [0.25, 0.3) is 0 Å². The monoisotopic (exact) mass is 309 g/mol. The van der Waals surface area contributed by atoms with Gasteiger partial charge in [-0.2, -0.15) is 0 Å². The highest BCUT2D eigenvalue weighted by atomic mass is 16.5. The molecular weight excluding hydrogens is 290 g/mol. The molecule has 0 aromatic heterocycles. The number of carbonyl (C=O) groups is 2. The summed E-state index contributed by atoms with van der Waals surface area (Å²) in [5.74, 6) is 0.677. The summed E-state index contributed by atoms with van der Waals surface area (Å²) in [6, 6.07) is 12.9. The van der Waals surface area contributed by atoms with Crippen LogP contribution in [0.15, 0.2) is 42.5 Å². The number of amides is 2. The molecule has 2 amide bonds. The van der Waals surface area contributed by atoms with E-state index in [2.05, 4.69) is 20.8 Å². The lowest BCUT2D eigenvalue weighted by atomic mass is 9.87. The molecule has 2 aromatic carbocycles. The zero-order chi connectivity index (χ0) is 16.8. The van der Waals surface area contributed by atoms with Crippen molar-refractivity contribution in [3.8, 4) is 11.5 Å². The van der Waals surface area contributed by atoms with Crippen LogP contribution in [-0.2, 0) is 5.41 Å². The topological polar surface area (TPSA) is 46.6 Å². The lowest BCUT2D eigenvalue weighted by Crippen LogP contribution is -2.24. The summed E-state index contributed by atoms with van der Waals surface area (Å²) >= 11 is 0. The third kappa shape index (κ3) is 2.72. The lowest BCUT2D eigenvalue weighted by molar-refractivity contribution is 0.0693. The van der Waals surface area contributed by atoms with Gasteiger partial charge in [-0.3, -0.25) is 14.5 Å². The van der Waals surface area contributed by atoms with Gasteiger partial charge in [0.05, 0.1) is 11.1 Å². The minimum absolute atomic E-state index is 0.0868. The maximum atomic E-state index is 12.0. The number of imide groups is 1. The number of nitrogens with zero attached hydrogens (tertiary/aromatic N) is 1. The highest BCUT2D eigenvalue weighted by Crippen LogP contribution is 2.30. The quantitative estimate of drug-likeness (QED) is 0.788. The lowest BCUT2D eigenvalue weighted by Gasteiger charge is -2.19. The Morgan fingerprint density at radius 3 is 2.00 bits per heavy atom. The van der Waals surface area contributed by atoms with Gasteiger partial charge < -0.3 is 4.74 Å². The van der Waals surface area contributed by atoms with Crippen molar-refractivity contribution < 1.29 is 14.3 Å². The molecule has 0 radical (unpaired) electrons. The van der Waals surface area contributed by atoms with Gasteiger partial charge in [0, 0.05) is 7.05 Å². The molecule has 0 unspecified atom stereocenters. The van der Waals surface area contributed by atoms with Crippen LogP contribution in [0.4, 0.5) is 0 Å². The van der Waals surface area contributed by atoms with Crippen molar-refractivity contribution >= 4 is 11.8 Å². The average molecular weight is 309 g/mol. The summed E-state index contributed by atoms with van der Waals surface area (Å²) in [6.45, 7) is 6.47. The molecule has 0 atom stereocenters. The summed E-state index contributed by atoms with van der Waals surface area (Å²) in [5, 5.41) is 0. The Morgan fingerprint density at radius 1 is 0.826 bits per heavy atom. The summed E-state index contributed by atoms with van der Waals surface area (Å²) < 4.78 is 5.81. The van der Waals surface area contributed by atoms with Crippen molar-refractivity contribution in [2.75, 3.05) is 7.05 Å². The molecule has 0 aliphatic carbocycles. The second kappa shape index (κ2) is 5.23. The molecule has 118 valence electrons. The van der Waals surface area contributed by atoms with E-state index in [1.807, 2.05) is 24.3 Å². The fraction of sp³-hybridized carbons (Fsp3) is 0.263. The number of hydrogen-bond acceptors (Lipinski definition) is 3. The van der Waals surface area contributed by atoms with E-state index < -0.39 is 0 Å². The zero-order valence-corrected chi connectivity index (χ0v) is 13.7. The molecule has 1 aliphatic rings. The van der Waals surface area contributed by atoms with Gasteiger partial charge in [0.25, 0.3) is 11.8 Å². The number of benzene rings is 2. The van der Waals surface area contributed by atoms with Crippen molar-refractivity contribution in [1.29, 1.82) is 0 Å². The van der Waals surface area contributed by atoms with Gasteiger partial charge in [-0.05, 0) is 41.3 Å². The van der Waals surface area contributed by atoms with E-state index in [0.29, 0.717) is 22.6 Å². The van der Waals surface area contributed by atoms with E-state index in [1.54, 1.807) is 18.2 Å². The SMILES string of the molecule is CN1C(=O)c2ccc(Oc3ccc(C(C)(C)C)cc3)cc2C1=O. The molecule has 3 rings (SSSR count). The van der Waals surface area contributed by atoms with Crippen LogP contribution in [0.2, 0.25) is 0 Å². The van der Waals surface area contributed by atoms with E-state index in [4.69, 9.17) is 4.74 Å². The van der Waals surface area contributed by atoms with Crippen LogP contribution < -0.4 is 4.74 Å². The van der Waals surface area contributed by atoms with E-state index in [-0.39, 0.29) is 17.2 Å². The molecule has 0 bridgehead atoms. The molecule has 2 aromatic rings. The third-order valence-electron chi connectivity index (χ3n) is 4.02. The summed E-state index contributed by atoms with van der Waals surface area (Å²) in [5.41, 5.74) is 2.12. The van der Waals surface area contributed by atoms with Crippen LogP contribution in [0.5, 0.6) is 11.5 Å². The summed E-state index contributed by atoms with van der Waals surface area (Å²) in [7, 11) is 1.48. The van der Waals surface area contributed by atoms with Crippen LogP contribution in [-0.4, -0.2) is 23.8 Å². The Labute approximate surface area is 135 Å². The van der Waals surface area contributed by atoms with Gasteiger partial charge in [0.1, 0.15) is 11.5 Å². The predicted octanol–water partition coefficient (Wildman–Crippen LogP) is 4.00. The Morgan fingerprint density at radius 2 is 1.39 bits per heavy atom. The average Bonchev–Trinajstić information content (AvgIpc) is 2.72. The maximum Gasteiger partial charge on any atom is 0.261 e. The smallest absolute Gasteiger partial charge is 0.261 e. The van der Waals surface area contributed by atoms with Crippen molar-refractivity contribution in [3.63, 3.8) is 0 Å². The first-order chi connectivity index (χ1) is 10.8. The third-order valence-corrected chi connectivity index (χ3v) is 4.02. The van der Waals surface area contributed by atoms with Crippen molar-refractivity contribution in [2.24, 2.45) is 0 Å². The van der Waals surface area contributed by atoms with Crippen molar-refractivity contribution in [2.45, 2.75) is 26.2 Å². The minimum Gasteiger partial charge on any atom is -0.457 e. The van der Waals surface area contributed by atoms with Crippen molar-refractivity contribution in [3.05, 3.63) is 59.2 Å².